The predicted octanol–water partition coefficient (Wildman–Crippen LogP) is 2.84. The highest BCUT2D eigenvalue weighted by Crippen LogP contribution is 2.27. The Morgan fingerprint density at radius 1 is 0.971 bits per heavy atom. The van der Waals surface area contributed by atoms with Crippen LogP contribution < -0.4 is 5.69 Å². The number of nitrogens with zero attached hydrogens (tertiary/aromatic N) is 7. The number of carbonyl (C=O) groups excluding carboxylic acids is 1. The Morgan fingerprint density at radius 2 is 1.77 bits per heavy atom. The summed E-state index contributed by atoms with van der Waals surface area (Å²) in [5, 5.41) is 4.60. The van der Waals surface area contributed by atoms with Gasteiger partial charge in [0.05, 0.1) is 22.9 Å². The van der Waals surface area contributed by atoms with Crippen LogP contribution in [0, 0.1) is 0 Å². The summed E-state index contributed by atoms with van der Waals surface area (Å²) in [6.45, 7) is 1.08. The van der Waals surface area contributed by atoms with Crippen molar-refractivity contribution in [1.82, 2.24) is 39.2 Å². The molecule has 0 saturated carbocycles. The zero-order valence-electron chi connectivity index (χ0n) is 18.8. The molecule has 1 amide bonds. The summed E-state index contributed by atoms with van der Waals surface area (Å²) in [6, 6.07) is 13.2. The predicted molar refractivity (Wildman–Crippen MR) is 129 cm³/mol. The molecule has 0 spiro atoms. The Morgan fingerprint density at radius 3 is 2.54 bits per heavy atom. The minimum atomic E-state index is -0.146. The fourth-order valence-corrected chi connectivity index (χ4v) is 4.72. The van der Waals surface area contributed by atoms with Gasteiger partial charge in [-0.05, 0) is 43.2 Å². The molecule has 6 rings (SSSR count). The fourth-order valence-electron chi connectivity index (χ4n) is 4.72. The minimum absolute atomic E-state index is 0.0345. The molecule has 0 radical (unpaired) electrons. The molecule has 1 aromatic carbocycles. The standard InChI is InChI=1S/C25H22N8O2/c34-24(31-13-7-18(8-14-31)32-21-4-2-1-3-19(21)29-25(32)35)20-15-22(17-5-9-26-10-6-17)33(30-20)23-16-27-11-12-28-23/h1-6,9-12,15-16,18H,7-8,13-14H2,(H,29,35). The van der Waals surface area contributed by atoms with Gasteiger partial charge in [-0.1, -0.05) is 12.1 Å². The smallest absolute Gasteiger partial charge is 0.326 e. The molecule has 174 valence electrons. The van der Waals surface area contributed by atoms with Crippen molar-refractivity contribution in [2.75, 3.05) is 13.1 Å². The van der Waals surface area contributed by atoms with Crippen molar-refractivity contribution in [3.05, 3.63) is 89.6 Å². The van der Waals surface area contributed by atoms with Gasteiger partial charge < -0.3 is 9.88 Å². The number of nitrogens with one attached hydrogen (secondary N) is 1. The van der Waals surface area contributed by atoms with Crippen molar-refractivity contribution in [2.45, 2.75) is 18.9 Å². The maximum atomic E-state index is 13.4. The Bertz CT molecular complexity index is 1490. The van der Waals surface area contributed by atoms with Gasteiger partial charge in [0.15, 0.2) is 11.5 Å². The molecule has 0 aliphatic carbocycles. The summed E-state index contributed by atoms with van der Waals surface area (Å²) in [4.78, 5) is 43.3. The Kier molecular flexibility index (Phi) is 5.17. The Labute approximate surface area is 199 Å². The fraction of sp³-hybridized carbons (Fsp3) is 0.200. The number of rotatable bonds is 4. The van der Waals surface area contributed by atoms with E-state index in [0.29, 0.717) is 37.4 Å². The highest BCUT2D eigenvalue weighted by Gasteiger charge is 2.28. The van der Waals surface area contributed by atoms with E-state index in [1.165, 1.54) is 0 Å². The van der Waals surface area contributed by atoms with E-state index >= 15 is 0 Å². The van der Waals surface area contributed by atoms with Crippen molar-refractivity contribution in [1.29, 1.82) is 0 Å². The summed E-state index contributed by atoms with van der Waals surface area (Å²) in [5.74, 6) is 0.378. The molecule has 10 nitrogen and oxygen atoms in total. The number of fused-ring (bicyclic) bond motifs is 1. The number of amides is 1. The first-order valence-electron chi connectivity index (χ1n) is 11.4. The van der Waals surface area contributed by atoms with E-state index in [1.807, 2.05) is 41.0 Å². The van der Waals surface area contributed by atoms with E-state index < -0.39 is 0 Å². The van der Waals surface area contributed by atoms with Gasteiger partial charge in [0.25, 0.3) is 5.91 Å². The van der Waals surface area contributed by atoms with Gasteiger partial charge in [0.1, 0.15) is 0 Å². The first kappa shape index (κ1) is 21.0. The van der Waals surface area contributed by atoms with Crippen LogP contribution in [0.5, 0.6) is 0 Å². The molecule has 1 aliphatic heterocycles. The molecule has 35 heavy (non-hydrogen) atoms. The highest BCUT2D eigenvalue weighted by atomic mass is 16.2. The number of pyridine rings is 1. The zero-order valence-corrected chi connectivity index (χ0v) is 18.8. The summed E-state index contributed by atoms with van der Waals surface area (Å²) >= 11 is 0. The number of H-pyrrole nitrogens is 1. The molecular weight excluding hydrogens is 444 g/mol. The number of para-hydroxylation sites is 2. The summed E-state index contributed by atoms with van der Waals surface area (Å²) in [6.07, 6.45) is 9.56. The lowest BCUT2D eigenvalue weighted by molar-refractivity contribution is 0.0688. The molecule has 0 atom stereocenters. The number of hydrogen-bond acceptors (Lipinski definition) is 6. The first-order chi connectivity index (χ1) is 17.2. The van der Waals surface area contributed by atoms with Crippen LogP contribution in [0.3, 0.4) is 0 Å². The lowest BCUT2D eigenvalue weighted by Crippen LogP contribution is -2.40. The Hall–Kier alpha value is -4.60. The number of piperidine rings is 1. The molecule has 10 heteroatoms. The number of carbonyl (C=O) groups is 1. The first-order valence-corrected chi connectivity index (χ1v) is 11.4. The molecule has 1 saturated heterocycles. The largest absolute Gasteiger partial charge is 0.337 e. The number of likely N-dealkylation sites (tertiary alicyclic amines) is 1. The van der Waals surface area contributed by atoms with Crippen LogP contribution in [-0.4, -0.2) is 58.2 Å². The van der Waals surface area contributed by atoms with E-state index in [0.717, 1.165) is 22.3 Å². The van der Waals surface area contributed by atoms with Crippen LogP contribution in [0.4, 0.5) is 0 Å². The van der Waals surface area contributed by atoms with E-state index in [2.05, 4.69) is 25.0 Å². The maximum absolute atomic E-state index is 13.4. The van der Waals surface area contributed by atoms with Gasteiger partial charge >= 0.3 is 5.69 Å². The quantitative estimate of drug-likeness (QED) is 0.436. The number of aromatic nitrogens is 7. The van der Waals surface area contributed by atoms with Crippen molar-refractivity contribution < 1.29 is 4.79 Å². The molecule has 0 unspecified atom stereocenters. The highest BCUT2D eigenvalue weighted by molar-refractivity contribution is 5.93. The van der Waals surface area contributed by atoms with Crippen LogP contribution in [0.1, 0.15) is 29.4 Å². The third kappa shape index (κ3) is 3.78. The van der Waals surface area contributed by atoms with Crippen molar-refractivity contribution in [3.8, 4) is 17.1 Å². The van der Waals surface area contributed by atoms with Gasteiger partial charge in [-0.25, -0.2) is 14.5 Å². The SMILES string of the molecule is O=C(c1cc(-c2ccncc2)n(-c2cnccn2)n1)N1CCC(n2c(=O)[nH]c3ccccc32)CC1. The second-order valence-corrected chi connectivity index (χ2v) is 8.47. The van der Waals surface area contributed by atoms with Crippen LogP contribution in [0.15, 0.2) is 78.2 Å². The lowest BCUT2D eigenvalue weighted by atomic mass is 10.0. The molecule has 5 aromatic rings. The van der Waals surface area contributed by atoms with Crippen LogP contribution in [0.25, 0.3) is 28.1 Å². The zero-order chi connectivity index (χ0) is 23.8. The molecule has 5 heterocycles. The van der Waals surface area contributed by atoms with E-state index in [4.69, 9.17) is 0 Å². The molecule has 4 aromatic heterocycles. The topological polar surface area (TPSA) is 115 Å². The van der Waals surface area contributed by atoms with Crippen LogP contribution >= 0.6 is 0 Å². The van der Waals surface area contributed by atoms with Gasteiger partial charge in [0.2, 0.25) is 0 Å². The average Bonchev–Trinajstić information content (AvgIpc) is 3.50. The summed E-state index contributed by atoms with van der Waals surface area (Å²) in [5.41, 5.74) is 3.55. The second kappa shape index (κ2) is 8.64. The summed E-state index contributed by atoms with van der Waals surface area (Å²) < 4.78 is 3.45. The monoisotopic (exact) mass is 466 g/mol. The number of imidazole rings is 1. The average molecular weight is 467 g/mol. The third-order valence-electron chi connectivity index (χ3n) is 6.41. The van der Waals surface area contributed by atoms with E-state index in [9.17, 15) is 9.59 Å². The van der Waals surface area contributed by atoms with Gasteiger partial charge in [-0.3, -0.25) is 19.3 Å². The number of hydrogen-bond donors (Lipinski definition) is 1. The number of aromatic amines is 1. The van der Waals surface area contributed by atoms with Crippen LogP contribution in [0.2, 0.25) is 0 Å². The van der Waals surface area contributed by atoms with E-state index in [-0.39, 0.29) is 17.6 Å². The van der Waals surface area contributed by atoms with E-state index in [1.54, 1.807) is 46.6 Å². The number of benzene rings is 1. The van der Waals surface area contributed by atoms with Gasteiger partial charge in [-0.15, -0.1) is 0 Å². The Balaban J connectivity index is 1.26. The summed E-state index contributed by atoms with van der Waals surface area (Å²) in [7, 11) is 0. The maximum Gasteiger partial charge on any atom is 0.326 e. The van der Waals surface area contributed by atoms with Gasteiger partial charge in [-0.2, -0.15) is 5.10 Å². The molecule has 1 fully saturated rings. The normalized spacial score (nSPS) is 14.5. The van der Waals surface area contributed by atoms with Crippen molar-refractivity contribution in [2.24, 2.45) is 0 Å². The van der Waals surface area contributed by atoms with Crippen molar-refractivity contribution >= 4 is 16.9 Å². The molecule has 1 N–H and O–H groups in total. The minimum Gasteiger partial charge on any atom is -0.337 e. The second-order valence-electron chi connectivity index (χ2n) is 8.47. The van der Waals surface area contributed by atoms with Gasteiger partial charge in [0, 0.05) is 49.5 Å². The van der Waals surface area contributed by atoms with Crippen LogP contribution in [-0.2, 0) is 0 Å². The lowest BCUT2D eigenvalue weighted by Gasteiger charge is -2.32. The molecule has 1 aliphatic rings. The van der Waals surface area contributed by atoms with Crippen molar-refractivity contribution in [3.63, 3.8) is 0 Å². The third-order valence-corrected chi connectivity index (χ3v) is 6.41. The molecular formula is C25H22N8O2. The molecule has 0 bridgehead atoms.